The van der Waals surface area contributed by atoms with Crippen LogP contribution in [0.1, 0.15) is 36.3 Å². The van der Waals surface area contributed by atoms with Gasteiger partial charge in [0.1, 0.15) is 5.82 Å². The van der Waals surface area contributed by atoms with Crippen molar-refractivity contribution >= 4 is 5.91 Å². The van der Waals surface area contributed by atoms with E-state index in [1.807, 2.05) is 47.9 Å². The molecule has 1 amide bonds. The lowest BCUT2D eigenvalue weighted by Gasteiger charge is -2.12. The predicted octanol–water partition coefficient (Wildman–Crippen LogP) is 5.37. The highest BCUT2D eigenvalue weighted by atomic mass is 19.1. The summed E-state index contributed by atoms with van der Waals surface area (Å²) in [5, 5.41) is 3.01. The van der Waals surface area contributed by atoms with Gasteiger partial charge in [-0.25, -0.2) is 4.39 Å². The van der Waals surface area contributed by atoms with Crippen LogP contribution in [0.4, 0.5) is 4.39 Å². The van der Waals surface area contributed by atoms with E-state index >= 15 is 0 Å². The third kappa shape index (κ3) is 4.27. The fourth-order valence-electron chi connectivity index (χ4n) is 3.15. The molecule has 27 heavy (non-hydrogen) atoms. The van der Waals surface area contributed by atoms with Crippen LogP contribution in [0.2, 0.25) is 0 Å². The molecule has 1 aromatic heterocycles. The van der Waals surface area contributed by atoms with Gasteiger partial charge in [-0.2, -0.15) is 0 Å². The van der Waals surface area contributed by atoms with Crippen LogP contribution in [-0.4, -0.2) is 17.0 Å². The normalized spacial score (nSPS) is 11.0. The van der Waals surface area contributed by atoms with Gasteiger partial charge in [0.25, 0.3) is 5.91 Å². The average Bonchev–Trinajstić information content (AvgIpc) is 3.00. The van der Waals surface area contributed by atoms with E-state index in [2.05, 4.69) is 19.2 Å². The van der Waals surface area contributed by atoms with Crippen molar-refractivity contribution in [1.29, 1.82) is 0 Å². The van der Waals surface area contributed by atoms with Gasteiger partial charge in [-0.3, -0.25) is 4.79 Å². The first-order valence-corrected chi connectivity index (χ1v) is 9.29. The summed E-state index contributed by atoms with van der Waals surface area (Å²) >= 11 is 0. The minimum atomic E-state index is -0.281. The van der Waals surface area contributed by atoms with Crippen molar-refractivity contribution in [3.8, 4) is 16.9 Å². The molecule has 1 N–H and O–H groups in total. The molecule has 0 radical (unpaired) electrons. The van der Waals surface area contributed by atoms with Gasteiger partial charge in [-0.1, -0.05) is 44.2 Å². The number of benzene rings is 2. The predicted molar refractivity (Wildman–Crippen MR) is 108 cm³/mol. The van der Waals surface area contributed by atoms with Gasteiger partial charge in [0.05, 0.1) is 11.3 Å². The molecule has 0 saturated heterocycles. The lowest BCUT2D eigenvalue weighted by molar-refractivity contribution is 0.0951. The molecule has 2 aromatic carbocycles. The number of hydrogen-bond donors (Lipinski definition) is 1. The number of carbonyl (C=O) groups excluding carboxylic acids is 1. The Morgan fingerprint density at radius 3 is 2.37 bits per heavy atom. The van der Waals surface area contributed by atoms with E-state index in [1.54, 1.807) is 12.1 Å². The second-order valence-electron chi connectivity index (χ2n) is 7.14. The van der Waals surface area contributed by atoms with Crippen molar-refractivity contribution in [2.24, 2.45) is 5.92 Å². The van der Waals surface area contributed by atoms with Gasteiger partial charge < -0.3 is 9.88 Å². The Bertz CT molecular complexity index is 912. The third-order valence-corrected chi connectivity index (χ3v) is 4.65. The summed E-state index contributed by atoms with van der Waals surface area (Å²) in [5.41, 5.74) is 4.22. The number of nitrogens with one attached hydrogen (secondary N) is 1. The zero-order valence-electron chi connectivity index (χ0n) is 16.0. The quantitative estimate of drug-likeness (QED) is 0.627. The highest BCUT2D eigenvalue weighted by molar-refractivity contribution is 5.97. The molecule has 1 heterocycles. The van der Waals surface area contributed by atoms with Gasteiger partial charge in [0.15, 0.2) is 0 Å². The smallest absolute Gasteiger partial charge is 0.253 e. The SMILES string of the molecule is Cc1c(C(=O)NCCC(C)C)cc(-c2ccccc2)n1-c1ccc(F)cc1. The highest BCUT2D eigenvalue weighted by Crippen LogP contribution is 2.29. The van der Waals surface area contributed by atoms with Crippen molar-refractivity contribution in [1.82, 2.24) is 9.88 Å². The van der Waals surface area contributed by atoms with Gasteiger partial charge in [-0.15, -0.1) is 0 Å². The molecular weight excluding hydrogens is 339 g/mol. The minimum absolute atomic E-state index is 0.0776. The summed E-state index contributed by atoms with van der Waals surface area (Å²) in [6, 6.07) is 18.2. The Hall–Kier alpha value is -2.88. The van der Waals surface area contributed by atoms with Gasteiger partial charge in [-0.05, 0) is 55.2 Å². The molecular formula is C23H25FN2O. The monoisotopic (exact) mass is 364 g/mol. The molecule has 3 aromatic rings. The molecule has 0 bridgehead atoms. The van der Waals surface area contributed by atoms with Crippen LogP contribution < -0.4 is 5.32 Å². The third-order valence-electron chi connectivity index (χ3n) is 4.65. The number of rotatable bonds is 6. The van der Waals surface area contributed by atoms with E-state index in [0.29, 0.717) is 18.0 Å². The first-order valence-electron chi connectivity index (χ1n) is 9.29. The van der Waals surface area contributed by atoms with Gasteiger partial charge >= 0.3 is 0 Å². The van der Waals surface area contributed by atoms with E-state index in [0.717, 1.165) is 29.1 Å². The number of carbonyl (C=O) groups is 1. The summed E-state index contributed by atoms with van der Waals surface area (Å²) in [7, 11) is 0. The standard InChI is InChI=1S/C23H25FN2O/c1-16(2)13-14-25-23(27)21-15-22(18-7-5-4-6-8-18)26(17(21)3)20-11-9-19(24)10-12-20/h4-12,15-16H,13-14H2,1-3H3,(H,25,27). The molecule has 0 saturated carbocycles. The Kier molecular flexibility index (Phi) is 5.75. The van der Waals surface area contributed by atoms with Crippen molar-refractivity contribution in [2.45, 2.75) is 27.2 Å². The molecule has 140 valence electrons. The maximum atomic E-state index is 13.4. The zero-order valence-corrected chi connectivity index (χ0v) is 16.0. The lowest BCUT2D eigenvalue weighted by atomic mass is 10.1. The Labute approximate surface area is 159 Å². The average molecular weight is 364 g/mol. The van der Waals surface area contributed by atoms with Gasteiger partial charge in [0, 0.05) is 17.9 Å². The second kappa shape index (κ2) is 8.21. The number of halogens is 1. The first kappa shape index (κ1) is 18.9. The van der Waals surface area contributed by atoms with Crippen LogP contribution in [0.25, 0.3) is 16.9 Å². The Morgan fingerprint density at radius 1 is 1.07 bits per heavy atom. The Morgan fingerprint density at radius 2 is 1.74 bits per heavy atom. The van der Waals surface area contributed by atoms with Crippen molar-refractivity contribution in [3.63, 3.8) is 0 Å². The lowest BCUT2D eigenvalue weighted by Crippen LogP contribution is -2.25. The van der Waals surface area contributed by atoms with Crippen LogP contribution in [0, 0.1) is 18.7 Å². The van der Waals surface area contributed by atoms with Crippen LogP contribution in [0.3, 0.4) is 0 Å². The van der Waals surface area contributed by atoms with Crippen LogP contribution in [0.5, 0.6) is 0 Å². The minimum Gasteiger partial charge on any atom is -0.352 e. The summed E-state index contributed by atoms with van der Waals surface area (Å²) in [6.07, 6.45) is 0.939. The van der Waals surface area contributed by atoms with Crippen LogP contribution in [-0.2, 0) is 0 Å². The molecule has 0 spiro atoms. The van der Waals surface area contributed by atoms with Gasteiger partial charge in [0.2, 0.25) is 0 Å². The van der Waals surface area contributed by atoms with E-state index in [1.165, 1.54) is 12.1 Å². The molecule has 0 fully saturated rings. The largest absolute Gasteiger partial charge is 0.352 e. The number of nitrogens with zero attached hydrogens (tertiary/aromatic N) is 1. The van der Waals surface area contributed by atoms with Crippen LogP contribution >= 0.6 is 0 Å². The van der Waals surface area contributed by atoms with E-state index < -0.39 is 0 Å². The van der Waals surface area contributed by atoms with E-state index in [9.17, 15) is 9.18 Å². The van der Waals surface area contributed by atoms with E-state index in [-0.39, 0.29) is 11.7 Å². The van der Waals surface area contributed by atoms with Crippen molar-refractivity contribution in [2.75, 3.05) is 6.54 Å². The molecule has 3 rings (SSSR count). The molecule has 3 nitrogen and oxygen atoms in total. The number of amides is 1. The fourth-order valence-corrected chi connectivity index (χ4v) is 3.15. The first-order chi connectivity index (χ1) is 13.0. The summed E-state index contributed by atoms with van der Waals surface area (Å²) < 4.78 is 15.4. The topological polar surface area (TPSA) is 34.0 Å². The maximum Gasteiger partial charge on any atom is 0.253 e. The zero-order chi connectivity index (χ0) is 19.4. The summed E-state index contributed by atoms with van der Waals surface area (Å²) in [4.78, 5) is 12.7. The summed E-state index contributed by atoms with van der Waals surface area (Å²) in [6.45, 7) is 6.84. The number of aromatic nitrogens is 1. The molecule has 0 aliphatic rings. The van der Waals surface area contributed by atoms with Crippen molar-refractivity contribution < 1.29 is 9.18 Å². The molecule has 0 aliphatic heterocycles. The molecule has 0 unspecified atom stereocenters. The fraction of sp³-hybridized carbons (Fsp3) is 0.261. The molecule has 4 heteroatoms. The Balaban J connectivity index is 2.04. The van der Waals surface area contributed by atoms with Crippen LogP contribution in [0.15, 0.2) is 60.7 Å². The molecule has 0 atom stereocenters. The van der Waals surface area contributed by atoms with E-state index in [4.69, 9.17) is 0 Å². The maximum absolute atomic E-state index is 13.4. The highest BCUT2D eigenvalue weighted by Gasteiger charge is 2.19. The second-order valence-corrected chi connectivity index (χ2v) is 7.14. The molecule has 0 aliphatic carbocycles. The van der Waals surface area contributed by atoms with Crippen molar-refractivity contribution in [3.05, 3.63) is 77.7 Å². The number of hydrogen-bond acceptors (Lipinski definition) is 1. The summed E-state index contributed by atoms with van der Waals surface area (Å²) in [5.74, 6) is 0.178.